The minimum absolute atomic E-state index is 0.105. The SMILES string of the molecule is CN(Cc1ccc(-c2nnc(C(F)F)o2)cn1)C(=O)c1ccc(N2CCN(CC(F)(F)F)CC2)cc1C(C)(C)C=O. The van der Waals surface area contributed by atoms with Gasteiger partial charge in [-0.05, 0) is 49.7 Å². The lowest BCUT2D eigenvalue weighted by atomic mass is 9.82. The van der Waals surface area contributed by atoms with Crippen molar-refractivity contribution in [2.45, 2.75) is 38.4 Å². The van der Waals surface area contributed by atoms with Crippen LogP contribution in [0, 0.1) is 0 Å². The topological polar surface area (TPSA) is 95.7 Å². The van der Waals surface area contributed by atoms with E-state index in [9.17, 15) is 31.5 Å². The van der Waals surface area contributed by atoms with E-state index in [0.717, 1.165) is 6.29 Å². The lowest BCUT2D eigenvalue weighted by molar-refractivity contribution is -0.146. The highest BCUT2D eigenvalue weighted by atomic mass is 19.4. The van der Waals surface area contributed by atoms with Gasteiger partial charge < -0.3 is 19.0 Å². The van der Waals surface area contributed by atoms with Crippen molar-refractivity contribution < 1.29 is 36.0 Å². The number of carbonyl (C=O) groups excluding carboxylic acids is 2. The van der Waals surface area contributed by atoms with Crippen LogP contribution in [0.25, 0.3) is 11.5 Å². The van der Waals surface area contributed by atoms with Crippen LogP contribution < -0.4 is 4.90 Å². The van der Waals surface area contributed by atoms with Gasteiger partial charge in [0.2, 0.25) is 5.89 Å². The summed E-state index contributed by atoms with van der Waals surface area (Å²) in [5.41, 5.74) is 1.35. The second kappa shape index (κ2) is 11.9. The van der Waals surface area contributed by atoms with E-state index in [4.69, 9.17) is 4.42 Å². The highest BCUT2D eigenvalue weighted by Crippen LogP contribution is 2.31. The number of anilines is 1. The normalized spacial score (nSPS) is 14.9. The first kappa shape index (κ1) is 30.0. The average Bonchev–Trinajstić information content (AvgIpc) is 3.43. The number of amides is 1. The molecule has 1 fully saturated rings. The van der Waals surface area contributed by atoms with E-state index in [2.05, 4.69) is 15.2 Å². The summed E-state index contributed by atoms with van der Waals surface area (Å²) in [6.07, 6.45) is -5.02. The van der Waals surface area contributed by atoms with Gasteiger partial charge in [-0.15, -0.1) is 10.2 Å². The largest absolute Gasteiger partial charge is 0.415 e. The minimum atomic E-state index is -4.26. The molecule has 9 nitrogen and oxygen atoms in total. The first-order chi connectivity index (χ1) is 19.3. The van der Waals surface area contributed by atoms with Gasteiger partial charge in [0.05, 0.1) is 24.3 Å². The number of pyridine rings is 1. The Labute approximate surface area is 233 Å². The van der Waals surface area contributed by atoms with Crippen LogP contribution in [0.5, 0.6) is 0 Å². The number of carbonyl (C=O) groups is 2. The second-order valence-electron chi connectivity index (χ2n) is 10.4. The van der Waals surface area contributed by atoms with Gasteiger partial charge in [-0.25, -0.2) is 0 Å². The number of halogens is 5. The van der Waals surface area contributed by atoms with Crippen molar-refractivity contribution in [1.82, 2.24) is 25.0 Å². The van der Waals surface area contributed by atoms with Gasteiger partial charge in [0, 0.05) is 56.1 Å². The summed E-state index contributed by atoms with van der Waals surface area (Å²) < 4.78 is 68.6. The lowest BCUT2D eigenvalue weighted by Crippen LogP contribution is -2.49. The summed E-state index contributed by atoms with van der Waals surface area (Å²) >= 11 is 0. The summed E-state index contributed by atoms with van der Waals surface area (Å²) in [7, 11) is 1.58. The second-order valence-corrected chi connectivity index (χ2v) is 10.4. The number of hydrogen-bond donors (Lipinski definition) is 0. The third-order valence-corrected chi connectivity index (χ3v) is 6.81. The Morgan fingerprint density at radius 2 is 1.80 bits per heavy atom. The van der Waals surface area contributed by atoms with Crippen LogP contribution in [0.1, 0.15) is 47.8 Å². The molecule has 1 aromatic carbocycles. The Hall–Kier alpha value is -3.94. The Kier molecular flexibility index (Phi) is 8.71. The number of nitrogens with zero attached hydrogens (tertiary/aromatic N) is 6. The predicted octanol–water partition coefficient (Wildman–Crippen LogP) is 4.50. The van der Waals surface area contributed by atoms with Crippen LogP contribution in [0.15, 0.2) is 40.9 Å². The Balaban J connectivity index is 1.49. The number of benzene rings is 1. The van der Waals surface area contributed by atoms with E-state index >= 15 is 0 Å². The number of alkyl halides is 5. The molecule has 3 aromatic rings. The highest BCUT2D eigenvalue weighted by molar-refractivity contribution is 5.97. The summed E-state index contributed by atoms with van der Waals surface area (Å²) in [5, 5.41) is 6.87. The average molecular weight is 581 g/mol. The predicted molar refractivity (Wildman–Crippen MR) is 139 cm³/mol. The standard InChI is InChI=1S/C27H29F5N6O3/c1-26(2,16-39)21-12-19(38-10-8-37(9-11-38)15-27(30,31)32)6-7-20(21)25(40)36(3)14-18-5-4-17(13-33-18)23-34-35-24(41-23)22(28)29/h4-7,12-13,16,22H,8-11,14-15H2,1-3H3. The highest BCUT2D eigenvalue weighted by Gasteiger charge is 2.33. The van der Waals surface area contributed by atoms with E-state index in [-0.39, 0.29) is 31.4 Å². The van der Waals surface area contributed by atoms with Crippen molar-refractivity contribution in [1.29, 1.82) is 0 Å². The van der Waals surface area contributed by atoms with Crippen LogP contribution in [-0.2, 0) is 16.8 Å². The van der Waals surface area contributed by atoms with Gasteiger partial charge in [0.15, 0.2) is 0 Å². The zero-order valence-corrected chi connectivity index (χ0v) is 22.7. The maximum atomic E-state index is 13.5. The smallest absolute Gasteiger partial charge is 0.401 e. The molecule has 0 atom stereocenters. The summed E-state index contributed by atoms with van der Waals surface area (Å²) in [6.45, 7) is 3.75. The molecule has 0 aliphatic carbocycles. The van der Waals surface area contributed by atoms with Crippen molar-refractivity contribution >= 4 is 17.9 Å². The minimum Gasteiger partial charge on any atom is -0.415 e. The molecule has 1 saturated heterocycles. The zero-order chi connectivity index (χ0) is 29.9. The molecule has 14 heteroatoms. The molecular formula is C27H29F5N6O3. The molecule has 0 N–H and O–H groups in total. The van der Waals surface area contributed by atoms with E-state index < -0.39 is 30.5 Å². The molecule has 4 rings (SSSR count). The summed E-state index contributed by atoms with van der Waals surface area (Å²) in [4.78, 5) is 34.5. The van der Waals surface area contributed by atoms with E-state index in [1.807, 2.05) is 4.90 Å². The third kappa shape index (κ3) is 7.23. The van der Waals surface area contributed by atoms with Crippen molar-refractivity contribution in [3.63, 3.8) is 0 Å². The van der Waals surface area contributed by atoms with Gasteiger partial charge >= 0.3 is 12.6 Å². The maximum absolute atomic E-state index is 13.5. The van der Waals surface area contributed by atoms with Crippen molar-refractivity contribution in [2.75, 3.05) is 44.7 Å². The first-order valence-corrected chi connectivity index (χ1v) is 12.7. The number of aromatic nitrogens is 3. The van der Waals surface area contributed by atoms with Gasteiger partial charge in [-0.1, -0.05) is 0 Å². The molecule has 2 aromatic heterocycles. The Morgan fingerprint density at radius 3 is 2.37 bits per heavy atom. The number of rotatable bonds is 9. The van der Waals surface area contributed by atoms with Crippen molar-refractivity contribution in [3.8, 4) is 11.5 Å². The number of aldehydes is 1. The monoisotopic (exact) mass is 580 g/mol. The molecule has 0 spiro atoms. The Bertz CT molecular complexity index is 1370. The number of hydrogen-bond acceptors (Lipinski definition) is 8. The fourth-order valence-corrected chi connectivity index (χ4v) is 4.53. The third-order valence-electron chi connectivity index (χ3n) is 6.81. The van der Waals surface area contributed by atoms with E-state index in [1.54, 1.807) is 51.2 Å². The zero-order valence-electron chi connectivity index (χ0n) is 22.7. The van der Waals surface area contributed by atoms with Crippen LogP contribution in [0.4, 0.5) is 27.6 Å². The fourth-order valence-electron chi connectivity index (χ4n) is 4.53. The van der Waals surface area contributed by atoms with Crippen LogP contribution >= 0.6 is 0 Å². The molecule has 1 amide bonds. The van der Waals surface area contributed by atoms with Gasteiger partial charge in [-0.2, -0.15) is 22.0 Å². The molecule has 220 valence electrons. The summed E-state index contributed by atoms with van der Waals surface area (Å²) in [5.74, 6) is -1.26. The summed E-state index contributed by atoms with van der Waals surface area (Å²) in [6, 6.07) is 8.27. The number of piperazine rings is 1. The first-order valence-electron chi connectivity index (χ1n) is 12.7. The van der Waals surface area contributed by atoms with Gasteiger partial charge in [-0.3, -0.25) is 14.7 Å². The molecule has 3 heterocycles. The quantitative estimate of drug-likeness (QED) is 0.270. The Morgan fingerprint density at radius 1 is 1.10 bits per heavy atom. The molecule has 1 aliphatic heterocycles. The molecule has 1 aliphatic rings. The van der Waals surface area contributed by atoms with Crippen LogP contribution in [-0.4, -0.2) is 83.1 Å². The van der Waals surface area contributed by atoms with Crippen molar-refractivity contribution in [3.05, 3.63) is 59.2 Å². The molecule has 0 unspecified atom stereocenters. The lowest BCUT2D eigenvalue weighted by Gasteiger charge is -2.37. The molecule has 41 heavy (non-hydrogen) atoms. The molecular weight excluding hydrogens is 551 g/mol. The van der Waals surface area contributed by atoms with E-state index in [1.165, 1.54) is 16.0 Å². The molecule has 0 radical (unpaired) electrons. The fraction of sp³-hybridized carbons (Fsp3) is 0.444. The van der Waals surface area contributed by atoms with Crippen LogP contribution in [0.3, 0.4) is 0 Å². The molecule has 0 bridgehead atoms. The van der Waals surface area contributed by atoms with Gasteiger partial charge in [0.1, 0.15) is 6.29 Å². The van der Waals surface area contributed by atoms with Gasteiger partial charge in [0.25, 0.3) is 11.8 Å². The van der Waals surface area contributed by atoms with Crippen molar-refractivity contribution in [2.24, 2.45) is 0 Å². The maximum Gasteiger partial charge on any atom is 0.401 e. The van der Waals surface area contributed by atoms with E-state index in [0.29, 0.717) is 41.2 Å². The van der Waals surface area contributed by atoms with Crippen LogP contribution in [0.2, 0.25) is 0 Å². The molecule has 0 saturated carbocycles.